The second-order valence-corrected chi connectivity index (χ2v) is 6.88. The van der Waals surface area contributed by atoms with Gasteiger partial charge in [0, 0.05) is 29.1 Å². The van der Waals surface area contributed by atoms with Gasteiger partial charge in [0.1, 0.15) is 11.5 Å². The SMILES string of the molecule is COc1ccc2[nH]cc(C(C)(C)CNC(=O)COc3ccccc3)c2c1. The molecule has 3 rings (SSSR count). The number of carbonyl (C=O) groups is 1. The van der Waals surface area contributed by atoms with Gasteiger partial charge < -0.3 is 19.8 Å². The first-order valence-corrected chi connectivity index (χ1v) is 8.60. The summed E-state index contributed by atoms with van der Waals surface area (Å²) in [4.78, 5) is 15.4. The van der Waals surface area contributed by atoms with Crippen molar-refractivity contribution in [3.63, 3.8) is 0 Å². The maximum atomic E-state index is 12.1. The number of rotatable bonds is 7. The van der Waals surface area contributed by atoms with Crippen LogP contribution in [0.2, 0.25) is 0 Å². The molecule has 0 unspecified atom stereocenters. The zero-order valence-corrected chi connectivity index (χ0v) is 15.3. The molecule has 0 aliphatic rings. The number of H-pyrrole nitrogens is 1. The zero-order valence-electron chi connectivity index (χ0n) is 15.3. The van der Waals surface area contributed by atoms with Gasteiger partial charge in [0.2, 0.25) is 0 Å². The van der Waals surface area contributed by atoms with Crippen molar-refractivity contribution in [1.29, 1.82) is 0 Å². The van der Waals surface area contributed by atoms with Crippen LogP contribution in [0.3, 0.4) is 0 Å². The number of benzene rings is 2. The van der Waals surface area contributed by atoms with Crippen LogP contribution in [-0.2, 0) is 10.2 Å². The number of amides is 1. The minimum absolute atomic E-state index is 0.00179. The lowest BCUT2D eigenvalue weighted by Gasteiger charge is -2.25. The molecule has 136 valence electrons. The van der Waals surface area contributed by atoms with Crippen LogP contribution in [-0.4, -0.2) is 31.2 Å². The molecule has 0 atom stereocenters. The molecule has 2 aromatic carbocycles. The lowest BCUT2D eigenvalue weighted by molar-refractivity contribution is -0.123. The van der Waals surface area contributed by atoms with Gasteiger partial charge >= 0.3 is 0 Å². The summed E-state index contributed by atoms with van der Waals surface area (Å²) in [5.41, 5.74) is 1.94. The number of aromatic amines is 1. The Morgan fingerprint density at radius 2 is 1.88 bits per heavy atom. The van der Waals surface area contributed by atoms with E-state index >= 15 is 0 Å². The maximum Gasteiger partial charge on any atom is 0.257 e. The summed E-state index contributed by atoms with van der Waals surface area (Å²) in [5.74, 6) is 1.36. The molecule has 5 nitrogen and oxygen atoms in total. The quantitative estimate of drug-likeness (QED) is 0.682. The molecule has 1 heterocycles. The average molecular weight is 352 g/mol. The normalized spacial score (nSPS) is 11.3. The third kappa shape index (κ3) is 3.99. The van der Waals surface area contributed by atoms with E-state index in [0.29, 0.717) is 12.3 Å². The number of nitrogens with one attached hydrogen (secondary N) is 2. The Morgan fingerprint density at radius 1 is 1.12 bits per heavy atom. The summed E-state index contributed by atoms with van der Waals surface area (Å²) >= 11 is 0. The highest BCUT2D eigenvalue weighted by molar-refractivity contribution is 5.86. The van der Waals surface area contributed by atoms with Gasteiger partial charge in [0.25, 0.3) is 5.91 Å². The molecule has 0 saturated carbocycles. The number of methoxy groups -OCH3 is 1. The molecule has 0 aliphatic carbocycles. The van der Waals surface area contributed by atoms with Crippen LogP contribution in [0.4, 0.5) is 0 Å². The monoisotopic (exact) mass is 352 g/mol. The highest BCUT2D eigenvalue weighted by Gasteiger charge is 2.25. The van der Waals surface area contributed by atoms with Crippen molar-refractivity contribution in [1.82, 2.24) is 10.3 Å². The number of para-hydroxylation sites is 1. The van der Waals surface area contributed by atoms with Crippen molar-refractivity contribution in [3.05, 3.63) is 60.3 Å². The zero-order chi connectivity index (χ0) is 18.6. The molecule has 0 saturated heterocycles. The van der Waals surface area contributed by atoms with Crippen LogP contribution < -0.4 is 14.8 Å². The molecule has 5 heteroatoms. The first kappa shape index (κ1) is 17.9. The predicted octanol–water partition coefficient (Wildman–Crippen LogP) is 3.65. The Labute approximate surface area is 153 Å². The Hall–Kier alpha value is -2.95. The fourth-order valence-electron chi connectivity index (χ4n) is 2.92. The molecule has 0 bridgehead atoms. The van der Waals surface area contributed by atoms with Crippen molar-refractivity contribution in [3.8, 4) is 11.5 Å². The van der Waals surface area contributed by atoms with Gasteiger partial charge in [-0.1, -0.05) is 32.0 Å². The molecule has 0 radical (unpaired) electrons. The van der Waals surface area contributed by atoms with Crippen LogP contribution in [0.1, 0.15) is 19.4 Å². The number of hydrogen-bond acceptors (Lipinski definition) is 3. The van der Waals surface area contributed by atoms with Crippen LogP contribution in [0.15, 0.2) is 54.7 Å². The first-order valence-electron chi connectivity index (χ1n) is 8.60. The molecule has 1 aromatic heterocycles. The molecule has 1 amide bonds. The van der Waals surface area contributed by atoms with Gasteiger partial charge in [-0.2, -0.15) is 0 Å². The first-order chi connectivity index (χ1) is 12.5. The Bertz CT molecular complexity index is 885. The summed E-state index contributed by atoms with van der Waals surface area (Å²) in [6.07, 6.45) is 2.00. The van der Waals surface area contributed by atoms with E-state index in [4.69, 9.17) is 9.47 Å². The van der Waals surface area contributed by atoms with E-state index < -0.39 is 0 Å². The van der Waals surface area contributed by atoms with Crippen molar-refractivity contribution in [2.45, 2.75) is 19.3 Å². The van der Waals surface area contributed by atoms with Crippen molar-refractivity contribution >= 4 is 16.8 Å². The summed E-state index contributed by atoms with van der Waals surface area (Å²) in [6.45, 7) is 4.72. The van der Waals surface area contributed by atoms with Crippen LogP contribution in [0.5, 0.6) is 11.5 Å². The minimum atomic E-state index is -0.243. The average Bonchev–Trinajstić information content (AvgIpc) is 3.09. The molecule has 26 heavy (non-hydrogen) atoms. The van der Waals surface area contributed by atoms with Crippen LogP contribution in [0.25, 0.3) is 10.9 Å². The van der Waals surface area contributed by atoms with Gasteiger partial charge in [-0.25, -0.2) is 0 Å². The molecule has 0 aliphatic heterocycles. The highest BCUT2D eigenvalue weighted by atomic mass is 16.5. The largest absolute Gasteiger partial charge is 0.497 e. The highest BCUT2D eigenvalue weighted by Crippen LogP contribution is 2.32. The number of hydrogen-bond donors (Lipinski definition) is 2. The summed E-state index contributed by atoms with van der Waals surface area (Å²) in [7, 11) is 1.66. The van der Waals surface area contributed by atoms with Gasteiger partial charge in [-0.3, -0.25) is 4.79 Å². The summed E-state index contributed by atoms with van der Waals surface area (Å²) in [6, 6.07) is 15.3. The maximum absolute atomic E-state index is 12.1. The third-order valence-corrected chi connectivity index (χ3v) is 4.46. The minimum Gasteiger partial charge on any atom is -0.497 e. The summed E-state index contributed by atoms with van der Waals surface area (Å²) in [5, 5.41) is 4.07. The fourth-order valence-corrected chi connectivity index (χ4v) is 2.92. The van der Waals surface area contributed by atoms with E-state index in [2.05, 4.69) is 24.1 Å². The lowest BCUT2D eigenvalue weighted by atomic mass is 9.84. The Kier molecular flexibility index (Phi) is 5.16. The lowest BCUT2D eigenvalue weighted by Crippen LogP contribution is -2.38. The predicted molar refractivity (Wildman–Crippen MR) is 103 cm³/mol. The van der Waals surface area contributed by atoms with E-state index in [-0.39, 0.29) is 17.9 Å². The standard InChI is InChI=1S/C21H24N2O3/c1-21(2,14-23-20(24)13-26-15-7-5-4-6-8-15)18-12-22-19-10-9-16(25-3)11-17(18)19/h4-12,22H,13-14H2,1-3H3,(H,23,24). The van der Waals surface area contributed by atoms with Crippen LogP contribution >= 0.6 is 0 Å². The Balaban J connectivity index is 1.64. The summed E-state index contributed by atoms with van der Waals surface area (Å²) < 4.78 is 10.8. The number of ether oxygens (including phenoxy) is 2. The molecular weight excluding hydrogens is 328 g/mol. The Morgan fingerprint density at radius 3 is 2.62 bits per heavy atom. The smallest absolute Gasteiger partial charge is 0.257 e. The van der Waals surface area contributed by atoms with Crippen LogP contribution in [0, 0.1) is 0 Å². The van der Waals surface area contributed by atoms with Gasteiger partial charge in [0.05, 0.1) is 7.11 Å². The molecule has 0 spiro atoms. The van der Waals surface area contributed by atoms with E-state index in [1.54, 1.807) is 7.11 Å². The van der Waals surface area contributed by atoms with Crippen molar-refractivity contribution in [2.24, 2.45) is 0 Å². The van der Waals surface area contributed by atoms with E-state index in [9.17, 15) is 4.79 Å². The van der Waals surface area contributed by atoms with Gasteiger partial charge in [-0.15, -0.1) is 0 Å². The van der Waals surface area contributed by atoms with E-state index in [0.717, 1.165) is 22.2 Å². The van der Waals surface area contributed by atoms with E-state index in [1.165, 1.54) is 0 Å². The number of carbonyl (C=O) groups excluding carboxylic acids is 1. The second-order valence-electron chi connectivity index (χ2n) is 6.88. The molecular formula is C21H24N2O3. The van der Waals surface area contributed by atoms with Gasteiger partial charge in [0.15, 0.2) is 6.61 Å². The van der Waals surface area contributed by atoms with Gasteiger partial charge in [-0.05, 0) is 35.9 Å². The molecule has 3 aromatic rings. The molecule has 2 N–H and O–H groups in total. The van der Waals surface area contributed by atoms with E-state index in [1.807, 2.05) is 54.7 Å². The number of fused-ring (bicyclic) bond motifs is 1. The van der Waals surface area contributed by atoms with Crippen molar-refractivity contribution in [2.75, 3.05) is 20.3 Å². The van der Waals surface area contributed by atoms with Crippen molar-refractivity contribution < 1.29 is 14.3 Å². The number of aromatic nitrogens is 1. The fraction of sp³-hybridized carbons (Fsp3) is 0.286. The topological polar surface area (TPSA) is 63.3 Å². The second kappa shape index (κ2) is 7.52. The molecule has 0 fully saturated rings. The third-order valence-electron chi connectivity index (χ3n) is 4.46.